The van der Waals surface area contributed by atoms with Gasteiger partial charge in [-0.25, -0.2) is 0 Å². The van der Waals surface area contributed by atoms with E-state index >= 15 is 0 Å². The summed E-state index contributed by atoms with van der Waals surface area (Å²) in [7, 11) is 0. The Morgan fingerprint density at radius 3 is 2.57 bits per heavy atom. The number of rotatable bonds is 3. The molecule has 1 saturated heterocycles. The van der Waals surface area contributed by atoms with Gasteiger partial charge in [0.05, 0.1) is 18.6 Å². The molecule has 0 aromatic heterocycles. The van der Waals surface area contributed by atoms with Crippen LogP contribution in [0.15, 0.2) is 0 Å². The van der Waals surface area contributed by atoms with Crippen molar-refractivity contribution in [2.45, 2.75) is 39.4 Å². The first-order valence-electron chi connectivity index (χ1n) is 4.87. The molecule has 1 rings (SSSR count). The van der Waals surface area contributed by atoms with Crippen LogP contribution >= 0.6 is 0 Å². The lowest BCUT2D eigenvalue weighted by Crippen LogP contribution is -2.33. The number of ether oxygens (including phenoxy) is 2. The highest BCUT2D eigenvalue weighted by molar-refractivity contribution is 5.89. The minimum atomic E-state index is -0.596. The molecule has 0 unspecified atom stereocenters. The van der Waals surface area contributed by atoms with Gasteiger partial charge >= 0.3 is 5.97 Å². The van der Waals surface area contributed by atoms with E-state index in [1.807, 2.05) is 0 Å². The minimum absolute atomic E-state index is 0.00166. The molecule has 0 saturated carbocycles. The topological polar surface area (TPSA) is 52.6 Å². The molecule has 4 heteroatoms. The molecule has 0 amide bonds. The fourth-order valence-corrected chi connectivity index (χ4v) is 1.41. The Balaban J connectivity index is 2.51. The van der Waals surface area contributed by atoms with Crippen LogP contribution in [0.25, 0.3) is 0 Å². The van der Waals surface area contributed by atoms with Crippen molar-refractivity contribution in [1.82, 2.24) is 0 Å². The molecule has 2 atom stereocenters. The van der Waals surface area contributed by atoms with Crippen LogP contribution in [0.3, 0.4) is 0 Å². The second-order valence-corrected chi connectivity index (χ2v) is 3.78. The van der Waals surface area contributed by atoms with Crippen LogP contribution in [0.2, 0.25) is 0 Å². The van der Waals surface area contributed by atoms with Crippen molar-refractivity contribution in [2.75, 3.05) is 6.61 Å². The SMILES string of the molecule is CC(C)OC(=O)[C@@H](C)[C@H]1OCCC1=O. The minimum Gasteiger partial charge on any atom is -0.463 e. The van der Waals surface area contributed by atoms with E-state index in [0.717, 1.165) is 0 Å². The van der Waals surface area contributed by atoms with Crippen LogP contribution in [0.4, 0.5) is 0 Å². The van der Waals surface area contributed by atoms with Crippen molar-refractivity contribution in [1.29, 1.82) is 0 Å². The average Bonchev–Trinajstić information content (AvgIpc) is 2.48. The summed E-state index contributed by atoms with van der Waals surface area (Å²) in [4.78, 5) is 22.7. The van der Waals surface area contributed by atoms with E-state index in [4.69, 9.17) is 9.47 Å². The highest BCUT2D eigenvalue weighted by atomic mass is 16.5. The Labute approximate surface area is 83.6 Å². The molecule has 0 spiro atoms. The Morgan fingerprint density at radius 1 is 1.50 bits per heavy atom. The van der Waals surface area contributed by atoms with Gasteiger partial charge < -0.3 is 9.47 Å². The summed E-state index contributed by atoms with van der Waals surface area (Å²) in [6, 6.07) is 0. The zero-order valence-electron chi connectivity index (χ0n) is 8.78. The van der Waals surface area contributed by atoms with Gasteiger partial charge in [0.2, 0.25) is 0 Å². The second-order valence-electron chi connectivity index (χ2n) is 3.78. The van der Waals surface area contributed by atoms with Crippen molar-refractivity contribution in [3.63, 3.8) is 0 Å². The van der Waals surface area contributed by atoms with Gasteiger partial charge in [0.25, 0.3) is 0 Å². The van der Waals surface area contributed by atoms with E-state index in [1.165, 1.54) is 0 Å². The summed E-state index contributed by atoms with van der Waals surface area (Å²) < 4.78 is 10.2. The first-order valence-corrected chi connectivity index (χ1v) is 4.87. The number of hydrogen-bond acceptors (Lipinski definition) is 4. The molecule has 0 aliphatic carbocycles. The Morgan fingerprint density at radius 2 is 2.14 bits per heavy atom. The summed E-state index contributed by atoms with van der Waals surface area (Å²) >= 11 is 0. The molecule has 4 nitrogen and oxygen atoms in total. The molecule has 1 fully saturated rings. The number of carbonyl (C=O) groups is 2. The van der Waals surface area contributed by atoms with Gasteiger partial charge in [0.1, 0.15) is 6.10 Å². The van der Waals surface area contributed by atoms with E-state index in [0.29, 0.717) is 13.0 Å². The van der Waals surface area contributed by atoms with Crippen LogP contribution in [-0.2, 0) is 19.1 Å². The number of Topliss-reactive ketones (excluding diaryl/α,β-unsaturated/α-hetero) is 1. The lowest BCUT2D eigenvalue weighted by molar-refractivity contribution is -0.157. The number of ketones is 1. The molecule has 0 aromatic carbocycles. The van der Waals surface area contributed by atoms with Gasteiger partial charge in [-0.15, -0.1) is 0 Å². The van der Waals surface area contributed by atoms with Gasteiger partial charge in [-0.2, -0.15) is 0 Å². The van der Waals surface area contributed by atoms with Crippen molar-refractivity contribution < 1.29 is 19.1 Å². The summed E-state index contributed by atoms with van der Waals surface area (Å²) in [6.07, 6.45) is -0.341. The Kier molecular flexibility index (Phi) is 3.63. The summed E-state index contributed by atoms with van der Waals surface area (Å²) in [5.74, 6) is -0.856. The summed E-state index contributed by atoms with van der Waals surface area (Å²) in [5.41, 5.74) is 0. The van der Waals surface area contributed by atoms with E-state index in [1.54, 1.807) is 20.8 Å². The summed E-state index contributed by atoms with van der Waals surface area (Å²) in [6.45, 7) is 5.64. The molecule has 0 bridgehead atoms. The molecule has 1 aliphatic rings. The third-order valence-corrected chi connectivity index (χ3v) is 2.14. The van der Waals surface area contributed by atoms with Crippen LogP contribution in [0, 0.1) is 5.92 Å². The van der Waals surface area contributed by atoms with Crippen molar-refractivity contribution in [3.8, 4) is 0 Å². The molecule has 80 valence electrons. The van der Waals surface area contributed by atoms with Gasteiger partial charge in [-0.05, 0) is 20.8 Å². The maximum Gasteiger partial charge on any atom is 0.312 e. The largest absolute Gasteiger partial charge is 0.463 e. The van der Waals surface area contributed by atoms with Gasteiger partial charge in [0.15, 0.2) is 5.78 Å². The van der Waals surface area contributed by atoms with Crippen LogP contribution in [0.5, 0.6) is 0 Å². The predicted molar refractivity (Wildman–Crippen MR) is 49.8 cm³/mol. The molecular weight excluding hydrogens is 184 g/mol. The zero-order valence-corrected chi connectivity index (χ0v) is 8.78. The second kappa shape index (κ2) is 4.55. The standard InChI is InChI=1S/C10H16O4/c1-6(2)14-10(12)7(3)9-8(11)4-5-13-9/h6-7,9H,4-5H2,1-3H3/t7-,9+/m0/s1. The van der Waals surface area contributed by atoms with Gasteiger partial charge in [-0.3, -0.25) is 9.59 Å². The lowest BCUT2D eigenvalue weighted by Gasteiger charge is -2.17. The maximum atomic E-state index is 11.4. The fourth-order valence-electron chi connectivity index (χ4n) is 1.41. The van der Waals surface area contributed by atoms with Crippen molar-refractivity contribution in [3.05, 3.63) is 0 Å². The van der Waals surface area contributed by atoms with E-state index in [9.17, 15) is 9.59 Å². The Bertz CT molecular complexity index is 234. The molecule has 0 N–H and O–H groups in total. The van der Waals surface area contributed by atoms with Crippen molar-refractivity contribution in [2.24, 2.45) is 5.92 Å². The lowest BCUT2D eigenvalue weighted by atomic mass is 10.0. The van der Waals surface area contributed by atoms with Crippen LogP contribution < -0.4 is 0 Å². The van der Waals surface area contributed by atoms with E-state index in [2.05, 4.69) is 0 Å². The number of esters is 1. The maximum absolute atomic E-state index is 11.4. The third-order valence-electron chi connectivity index (χ3n) is 2.14. The van der Waals surface area contributed by atoms with Crippen LogP contribution in [-0.4, -0.2) is 30.6 Å². The first-order chi connectivity index (χ1) is 6.52. The van der Waals surface area contributed by atoms with Gasteiger partial charge in [0, 0.05) is 6.42 Å². The normalized spacial score (nSPS) is 24.0. The average molecular weight is 200 g/mol. The highest BCUT2D eigenvalue weighted by Gasteiger charge is 2.35. The molecule has 1 heterocycles. The van der Waals surface area contributed by atoms with Crippen molar-refractivity contribution >= 4 is 11.8 Å². The number of carbonyl (C=O) groups excluding carboxylic acids is 2. The smallest absolute Gasteiger partial charge is 0.312 e. The fraction of sp³-hybridized carbons (Fsp3) is 0.800. The molecule has 14 heavy (non-hydrogen) atoms. The van der Waals surface area contributed by atoms with E-state index in [-0.39, 0.29) is 17.9 Å². The molecule has 1 aliphatic heterocycles. The van der Waals surface area contributed by atoms with Crippen LogP contribution in [0.1, 0.15) is 27.2 Å². The third kappa shape index (κ3) is 2.54. The molecular formula is C10H16O4. The monoisotopic (exact) mass is 200 g/mol. The molecule has 0 aromatic rings. The Hall–Kier alpha value is -0.900. The van der Waals surface area contributed by atoms with Gasteiger partial charge in [-0.1, -0.05) is 0 Å². The zero-order chi connectivity index (χ0) is 10.7. The summed E-state index contributed by atoms with van der Waals surface area (Å²) in [5, 5.41) is 0. The first kappa shape index (κ1) is 11.2. The quantitative estimate of drug-likeness (QED) is 0.636. The van der Waals surface area contributed by atoms with E-state index < -0.39 is 12.0 Å². The highest BCUT2D eigenvalue weighted by Crippen LogP contribution is 2.18. The molecule has 0 radical (unpaired) electrons. The predicted octanol–water partition coefficient (Wildman–Crippen LogP) is 0.932. The number of hydrogen-bond donors (Lipinski definition) is 0.